The van der Waals surface area contributed by atoms with Gasteiger partial charge >= 0.3 is 0 Å². The summed E-state index contributed by atoms with van der Waals surface area (Å²) >= 11 is 0. The van der Waals surface area contributed by atoms with Crippen LogP contribution >= 0.6 is 0 Å². The van der Waals surface area contributed by atoms with E-state index in [1.54, 1.807) is 18.7 Å². The van der Waals surface area contributed by atoms with Crippen LogP contribution in [-0.4, -0.2) is 35.3 Å². The van der Waals surface area contributed by atoms with E-state index in [9.17, 15) is 9.59 Å². The molecule has 0 saturated carbocycles. The normalized spacial score (nSPS) is 25.7. The fraction of sp³-hybridized carbons (Fsp3) is 0.636. The summed E-state index contributed by atoms with van der Waals surface area (Å²) in [5, 5.41) is 2.66. The number of nitrogens with one attached hydrogen (secondary N) is 1. The largest absolute Gasteiger partial charge is 0.343 e. The van der Waals surface area contributed by atoms with Gasteiger partial charge in [0.05, 0.1) is 6.54 Å². The molecule has 0 radical (unpaired) electrons. The third-order valence-corrected chi connectivity index (χ3v) is 2.50. The SMILES string of the molecule is CC#CCN1C(=O)C(C)NC(=O)C1CC. The number of hydrogen-bond acceptors (Lipinski definition) is 2. The number of amides is 2. The van der Waals surface area contributed by atoms with E-state index in [4.69, 9.17) is 0 Å². The molecule has 0 aromatic rings. The number of carbonyl (C=O) groups is 2. The Morgan fingerprint density at radius 1 is 1.47 bits per heavy atom. The van der Waals surface area contributed by atoms with Gasteiger partial charge in [0.2, 0.25) is 11.8 Å². The average Bonchev–Trinajstić information content (AvgIpc) is 2.21. The lowest BCUT2D eigenvalue weighted by Gasteiger charge is -2.36. The predicted octanol–water partition coefficient (Wildman–Crippen LogP) is 0.135. The molecule has 1 N–H and O–H groups in total. The van der Waals surface area contributed by atoms with E-state index < -0.39 is 6.04 Å². The van der Waals surface area contributed by atoms with E-state index >= 15 is 0 Å². The molecule has 0 aliphatic carbocycles. The van der Waals surface area contributed by atoms with Gasteiger partial charge in [-0.2, -0.15) is 0 Å². The van der Waals surface area contributed by atoms with Crippen LogP contribution in [0.25, 0.3) is 0 Å². The zero-order valence-corrected chi connectivity index (χ0v) is 9.33. The molecule has 2 atom stereocenters. The average molecular weight is 208 g/mol. The molecule has 0 spiro atoms. The van der Waals surface area contributed by atoms with Crippen molar-refractivity contribution >= 4 is 11.8 Å². The van der Waals surface area contributed by atoms with Gasteiger partial charge in [-0.05, 0) is 20.3 Å². The number of hydrogen-bond donors (Lipinski definition) is 1. The Morgan fingerprint density at radius 2 is 2.13 bits per heavy atom. The topological polar surface area (TPSA) is 49.4 Å². The first-order valence-corrected chi connectivity index (χ1v) is 5.12. The van der Waals surface area contributed by atoms with E-state index in [-0.39, 0.29) is 17.9 Å². The summed E-state index contributed by atoms with van der Waals surface area (Å²) in [6, 6.07) is -0.798. The fourth-order valence-corrected chi connectivity index (χ4v) is 1.67. The van der Waals surface area contributed by atoms with Crippen molar-refractivity contribution in [3.8, 4) is 11.8 Å². The van der Waals surface area contributed by atoms with Crippen molar-refractivity contribution in [1.29, 1.82) is 0 Å². The Hall–Kier alpha value is -1.50. The lowest BCUT2D eigenvalue weighted by atomic mass is 10.1. The quantitative estimate of drug-likeness (QED) is 0.656. The van der Waals surface area contributed by atoms with E-state index in [2.05, 4.69) is 17.2 Å². The first-order chi connectivity index (χ1) is 7.11. The summed E-state index contributed by atoms with van der Waals surface area (Å²) in [7, 11) is 0. The summed E-state index contributed by atoms with van der Waals surface area (Å²) in [4.78, 5) is 24.9. The Bertz CT molecular complexity index is 327. The summed E-state index contributed by atoms with van der Waals surface area (Å²) < 4.78 is 0. The van der Waals surface area contributed by atoms with E-state index in [0.29, 0.717) is 13.0 Å². The maximum atomic E-state index is 11.8. The van der Waals surface area contributed by atoms with Gasteiger partial charge in [-0.15, -0.1) is 5.92 Å². The van der Waals surface area contributed by atoms with Crippen molar-refractivity contribution in [3.05, 3.63) is 0 Å². The summed E-state index contributed by atoms with van der Waals surface area (Å²) in [5.74, 6) is 5.43. The second-order valence-corrected chi connectivity index (χ2v) is 3.55. The maximum Gasteiger partial charge on any atom is 0.246 e. The van der Waals surface area contributed by atoms with E-state index in [1.807, 2.05) is 6.92 Å². The van der Waals surface area contributed by atoms with Crippen LogP contribution in [0.4, 0.5) is 0 Å². The summed E-state index contributed by atoms with van der Waals surface area (Å²) in [6.45, 7) is 5.64. The molecule has 0 aromatic heterocycles. The first-order valence-electron chi connectivity index (χ1n) is 5.12. The van der Waals surface area contributed by atoms with Crippen molar-refractivity contribution in [1.82, 2.24) is 10.2 Å². The summed E-state index contributed by atoms with van der Waals surface area (Å²) in [6.07, 6.45) is 0.621. The molecule has 1 aliphatic heterocycles. The standard InChI is InChI=1S/C11H16N2O2/c1-4-6-7-13-9(5-2)10(14)12-8(3)11(13)15/h8-9H,5,7H2,1-3H3,(H,12,14). The lowest BCUT2D eigenvalue weighted by Crippen LogP contribution is -2.62. The van der Waals surface area contributed by atoms with Crippen molar-refractivity contribution < 1.29 is 9.59 Å². The van der Waals surface area contributed by atoms with Gasteiger partial charge in [0.15, 0.2) is 0 Å². The Labute approximate surface area is 90.0 Å². The van der Waals surface area contributed by atoms with Crippen LogP contribution in [0, 0.1) is 11.8 Å². The molecule has 2 amide bonds. The highest BCUT2D eigenvalue weighted by Crippen LogP contribution is 2.12. The van der Waals surface area contributed by atoms with E-state index in [1.165, 1.54) is 0 Å². The zero-order valence-electron chi connectivity index (χ0n) is 9.33. The minimum absolute atomic E-state index is 0.0517. The molecule has 1 rings (SSSR count). The molecule has 1 saturated heterocycles. The molecule has 1 aliphatic rings. The van der Waals surface area contributed by atoms with Gasteiger partial charge in [-0.3, -0.25) is 9.59 Å². The second kappa shape index (κ2) is 4.83. The second-order valence-electron chi connectivity index (χ2n) is 3.55. The minimum Gasteiger partial charge on any atom is -0.343 e. The van der Waals surface area contributed by atoms with Crippen LogP contribution in [-0.2, 0) is 9.59 Å². The van der Waals surface area contributed by atoms with Crippen molar-refractivity contribution in [2.45, 2.75) is 39.3 Å². The molecule has 0 aromatic carbocycles. The number of carbonyl (C=O) groups excluding carboxylic acids is 2. The Balaban J connectivity index is 2.86. The third-order valence-electron chi connectivity index (χ3n) is 2.50. The van der Waals surface area contributed by atoms with Crippen LogP contribution in [0.1, 0.15) is 27.2 Å². The first kappa shape index (κ1) is 11.6. The number of nitrogens with zero attached hydrogens (tertiary/aromatic N) is 1. The highest BCUT2D eigenvalue weighted by molar-refractivity contribution is 5.96. The molecule has 2 unspecified atom stereocenters. The minimum atomic E-state index is -0.432. The molecule has 4 nitrogen and oxygen atoms in total. The molecular formula is C11H16N2O2. The van der Waals surface area contributed by atoms with Crippen LogP contribution < -0.4 is 5.32 Å². The summed E-state index contributed by atoms with van der Waals surface area (Å²) in [5.41, 5.74) is 0. The monoisotopic (exact) mass is 208 g/mol. The number of rotatable bonds is 2. The Morgan fingerprint density at radius 3 is 2.67 bits per heavy atom. The van der Waals surface area contributed by atoms with Crippen molar-refractivity contribution in [2.75, 3.05) is 6.54 Å². The molecule has 0 bridgehead atoms. The predicted molar refractivity (Wildman–Crippen MR) is 56.8 cm³/mol. The van der Waals surface area contributed by atoms with Crippen LogP contribution in [0.15, 0.2) is 0 Å². The highest BCUT2D eigenvalue weighted by Gasteiger charge is 2.36. The van der Waals surface area contributed by atoms with Gasteiger partial charge in [0.25, 0.3) is 0 Å². The molecule has 15 heavy (non-hydrogen) atoms. The Kier molecular flexibility index (Phi) is 3.73. The van der Waals surface area contributed by atoms with Gasteiger partial charge in [-0.1, -0.05) is 12.8 Å². The molecule has 4 heteroatoms. The van der Waals surface area contributed by atoms with Crippen LogP contribution in [0.3, 0.4) is 0 Å². The molecule has 82 valence electrons. The lowest BCUT2D eigenvalue weighted by molar-refractivity contribution is -0.148. The van der Waals surface area contributed by atoms with Crippen LogP contribution in [0.2, 0.25) is 0 Å². The number of piperazine rings is 1. The van der Waals surface area contributed by atoms with Gasteiger partial charge < -0.3 is 10.2 Å². The highest BCUT2D eigenvalue weighted by atomic mass is 16.2. The van der Waals surface area contributed by atoms with Gasteiger partial charge in [-0.25, -0.2) is 0 Å². The van der Waals surface area contributed by atoms with Crippen molar-refractivity contribution in [2.24, 2.45) is 0 Å². The van der Waals surface area contributed by atoms with Gasteiger partial charge in [0, 0.05) is 0 Å². The smallest absolute Gasteiger partial charge is 0.246 e. The van der Waals surface area contributed by atoms with Crippen LogP contribution in [0.5, 0.6) is 0 Å². The maximum absolute atomic E-state index is 11.8. The molecule has 1 fully saturated rings. The third kappa shape index (κ3) is 2.30. The fourth-order valence-electron chi connectivity index (χ4n) is 1.67. The molecular weight excluding hydrogens is 192 g/mol. The van der Waals surface area contributed by atoms with Gasteiger partial charge in [0.1, 0.15) is 12.1 Å². The molecule has 1 heterocycles. The zero-order chi connectivity index (χ0) is 11.4. The van der Waals surface area contributed by atoms with E-state index in [0.717, 1.165) is 0 Å². The van der Waals surface area contributed by atoms with Crippen molar-refractivity contribution in [3.63, 3.8) is 0 Å².